The van der Waals surface area contributed by atoms with Gasteiger partial charge in [0.1, 0.15) is 5.75 Å². The van der Waals surface area contributed by atoms with Gasteiger partial charge in [-0.2, -0.15) is 0 Å². The zero-order valence-corrected chi connectivity index (χ0v) is 10.8. The van der Waals surface area contributed by atoms with Crippen LogP contribution in [0.25, 0.3) is 0 Å². The van der Waals surface area contributed by atoms with Gasteiger partial charge in [0, 0.05) is 6.04 Å². The molecule has 0 unspecified atom stereocenters. The van der Waals surface area contributed by atoms with Gasteiger partial charge in [-0.3, -0.25) is 4.79 Å². The van der Waals surface area contributed by atoms with Crippen LogP contribution in [0.4, 0.5) is 0 Å². The van der Waals surface area contributed by atoms with Crippen molar-refractivity contribution in [2.24, 2.45) is 5.92 Å². The Morgan fingerprint density at radius 2 is 2.00 bits per heavy atom. The molecule has 0 radical (unpaired) electrons. The van der Waals surface area contributed by atoms with Crippen LogP contribution < -0.4 is 10.1 Å². The van der Waals surface area contributed by atoms with Crippen LogP contribution in [0.2, 0.25) is 0 Å². The fourth-order valence-electron chi connectivity index (χ4n) is 1.85. The van der Waals surface area contributed by atoms with Crippen LogP contribution in [0, 0.1) is 5.92 Å². The highest BCUT2D eigenvalue weighted by molar-refractivity contribution is 5.87. The lowest BCUT2D eigenvalue weighted by molar-refractivity contribution is -0.123. The Morgan fingerprint density at radius 3 is 2.53 bits per heavy atom. The molecule has 0 heterocycles. The number of carboxylic acids is 1. The molecule has 2 N–H and O–H groups in total. The van der Waals surface area contributed by atoms with Gasteiger partial charge in [0.05, 0.1) is 5.56 Å². The molecule has 0 aromatic heterocycles. The third-order valence-corrected chi connectivity index (χ3v) is 3.19. The molecule has 5 heteroatoms. The minimum atomic E-state index is -0.984. The maximum Gasteiger partial charge on any atom is 0.335 e. The van der Waals surface area contributed by atoms with Gasteiger partial charge in [0.2, 0.25) is 0 Å². The van der Waals surface area contributed by atoms with Crippen molar-refractivity contribution in [1.82, 2.24) is 5.32 Å². The number of benzene rings is 1. The highest BCUT2D eigenvalue weighted by Crippen LogP contribution is 2.32. The number of hydrogen-bond donors (Lipinski definition) is 2. The minimum absolute atomic E-state index is 0.0521. The number of carbonyl (C=O) groups is 2. The van der Waals surface area contributed by atoms with E-state index in [9.17, 15) is 9.59 Å². The molecule has 1 aliphatic rings. The maximum absolute atomic E-state index is 11.6. The number of rotatable bonds is 6. The third-order valence-electron chi connectivity index (χ3n) is 3.19. The summed E-state index contributed by atoms with van der Waals surface area (Å²) in [7, 11) is 0. The molecule has 1 aliphatic carbocycles. The standard InChI is InChI=1S/C14H17NO4/c1-9(10-2-3-10)15-13(16)8-19-12-6-4-11(5-7-12)14(17)18/h4-7,9-10H,2-3,8H2,1H3,(H,15,16)(H,17,18)/t9-/m1/s1. The fraction of sp³-hybridized carbons (Fsp3) is 0.429. The van der Waals surface area contributed by atoms with Crippen LogP contribution in [0.3, 0.4) is 0 Å². The number of carbonyl (C=O) groups excluding carboxylic acids is 1. The maximum atomic E-state index is 11.6. The van der Waals surface area contributed by atoms with E-state index in [2.05, 4.69) is 5.32 Å². The summed E-state index contributed by atoms with van der Waals surface area (Å²) in [6.07, 6.45) is 2.36. The second kappa shape index (κ2) is 5.73. The van der Waals surface area contributed by atoms with Gasteiger partial charge in [-0.05, 0) is 49.9 Å². The van der Waals surface area contributed by atoms with Crippen molar-refractivity contribution >= 4 is 11.9 Å². The number of amides is 1. The fourth-order valence-corrected chi connectivity index (χ4v) is 1.85. The SMILES string of the molecule is C[C@@H](NC(=O)COc1ccc(C(=O)O)cc1)C1CC1. The predicted octanol–water partition coefficient (Wildman–Crippen LogP) is 1.68. The zero-order chi connectivity index (χ0) is 13.8. The summed E-state index contributed by atoms with van der Waals surface area (Å²) in [6.45, 7) is 1.95. The molecule has 0 spiro atoms. The minimum Gasteiger partial charge on any atom is -0.484 e. The molecule has 0 aliphatic heterocycles. The Morgan fingerprint density at radius 1 is 1.37 bits per heavy atom. The predicted molar refractivity (Wildman–Crippen MR) is 69.2 cm³/mol. The topological polar surface area (TPSA) is 75.6 Å². The highest BCUT2D eigenvalue weighted by Gasteiger charge is 2.28. The van der Waals surface area contributed by atoms with Crippen LogP contribution in [0.15, 0.2) is 24.3 Å². The van der Waals surface area contributed by atoms with Crippen LogP contribution in [0.1, 0.15) is 30.1 Å². The first kappa shape index (κ1) is 13.4. The van der Waals surface area contributed by atoms with Gasteiger partial charge in [0.25, 0.3) is 5.91 Å². The van der Waals surface area contributed by atoms with E-state index in [0.29, 0.717) is 11.7 Å². The molecule has 1 atom stereocenters. The Hall–Kier alpha value is -2.04. The first-order valence-electron chi connectivity index (χ1n) is 6.32. The van der Waals surface area contributed by atoms with Crippen molar-refractivity contribution in [3.05, 3.63) is 29.8 Å². The Kier molecular flexibility index (Phi) is 4.04. The summed E-state index contributed by atoms with van der Waals surface area (Å²) in [6, 6.07) is 6.18. The lowest BCUT2D eigenvalue weighted by Crippen LogP contribution is -2.37. The molecule has 5 nitrogen and oxygen atoms in total. The molecule has 102 valence electrons. The number of hydrogen-bond acceptors (Lipinski definition) is 3. The van der Waals surface area contributed by atoms with Crippen molar-refractivity contribution < 1.29 is 19.4 Å². The molecular weight excluding hydrogens is 246 g/mol. The van der Waals surface area contributed by atoms with Crippen molar-refractivity contribution in [2.45, 2.75) is 25.8 Å². The Labute approximate surface area is 111 Å². The monoisotopic (exact) mass is 263 g/mol. The number of ether oxygens (including phenoxy) is 1. The van der Waals surface area contributed by atoms with Crippen molar-refractivity contribution in [3.8, 4) is 5.75 Å². The number of carboxylic acid groups (broad SMARTS) is 1. The van der Waals surface area contributed by atoms with Gasteiger partial charge in [0.15, 0.2) is 6.61 Å². The summed E-state index contributed by atoms with van der Waals surface area (Å²) in [5, 5.41) is 11.6. The van der Waals surface area contributed by atoms with Gasteiger partial charge in [-0.1, -0.05) is 0 Å². The zero-order valence-electron chi connectivity index (χ0n) is 10.8. The molecule has 1 saturated carbocycles. The summed E-state index contributed by atoms with van der Waals surface area (Å²) in [5.74, 6) is -0.0395. The molecule has 1 amide bonds. The quantitative estimate of drug-likeness (QED) is 0.818. The molecule has 2 rings (SSSR count). The van der Waals surface area contributed by atoms with E-state index in [-0.39, 0.29) is 24.1 Å². The van der Waals surface area contributed by atoms with Gasteiger partial charge in [-0.15, -0.1) is 0 Å². The lowest BCUT2D eigenvalue weighted by Gasteiger charge is -2.13. The Balaban J connectivity index is 1.77. The van der Waals surface area contributed by atoms with Gasteiger partial charge in [-0.25, -0.2) is 4.79 Å². The normalized spacial score (nSPS) is 15.6. The smallest absolute Gasteiger partial charge is 0.335 e. The van der Waals surface area contributed by atoms with E-state index in [1.165, 1.54) is 25.0 Å². The van der Waals surface area contributed by atoms with Gasteiger partial charge >= 0.3 is 5.97 Å². The number of nitrogens with one attached hydrogen (secondary N) is 1. The van der Waals surface area contributed by atoms with E-state index >= 15 is 0 Å². The largest absolute Gasteiger partial charge is 0.484 e. The van der Waals surface area contributed by atoms with Crippen molar-refractivity contribution in [1.29, 1.82) is 0 Å². The molecule has 1 aromatic rings. The van der Waals surface area contributed by atoms with E-state index in [0.717, 1.165) is 0 Å². The average Bonchev–Trinajstić information content (AvgIpc) is 3.21. The van der Waals surface area contributed by atoms with Crippen molar-refractivity contribution in [3.63, 3.8) is 0 Å². The van der Waals surface area contributed by atoms with E-state index in [4.69, 9.17) is 9.84 Å². The second-order valence-electron chi connectivity index (χ2n) is 4.81. The molecule has 1 fully saturated rings. The van der Waals surface area contributed by atoms with Crippen LogP contribution >= 0.6 is 0 Å². The molecule has 19 heavy (non-hydrogen) atoms. The summed E-state index contributed by atoms with van der Waals surface area (Å²) >= 11 is 0. The van der Waals surface area contributed by atoms with Crippen molar-refractivity contribution in [2.75, 3.05) is 6.61 Å². The summed E-state index contributed by atoms with van der Waals surface area (Å²) in [4.78, 5) is 22.3. The average molecular weight is 263 g/mol. The van der Waals surface area contributed by atoms with E-state index in [1.807, 2.05) is 6.92 Å². The lowest BCUT2D eigenvalue weighted by atomic mass is 10.2. The summed E-state index contributed by atoms with van der Waals surface area (Å²) in [5.41, 5.74) is 0.194. The Bertz CT molecular complexity index is 465. The molecular formula is C14H17NO4. The second-order valence-corrected chi connectivity index (χ2v) is 4.81. The van der Waals surface area contributed by atoms with Crippen LogP contribution in [0.5, 0.6) is 5.75 Å². The number of aromatic carboxylic acids is 1. The van der Waals surface area contributed by atoms with E-state index in [1.54, 1.807) is 12.1 Å². The van der Waals surface area contributed by atoms with Crippen LogP contribution in [-0.2, 0) is 4.79 Å². The summed E-state index contributed by atoms with van der Waals surface area (Å²) < 4.78 is 5.30. The highest BCUT2D eigenvalue weighted by atomic mass is 16.5. The first-order chi connectivity index (χ1) is 9.06. The first-order valence-corrected chi connectivity index (χ1v) is 6.32. The third kappa shape index (κ3) is 3.98. The van der Waals surface area contributed by atoms with Gasteiger partial charge < -0.3 is 15.2 Å². The molecule has 0 bridgehead atoms. The van der Waals surface area contributed by atoms with E-state index < -0.39 is 5.97 Å². The molecule has 0 saturated heterocycles. The van der Waals surface area contributed by atoms with Crippen LogP contribution in [-0.4, -0.2) is 29.6 Å². The molecule has 1 aromatic carbocycles.